The number of carbonyl (C=O) groups excluding carboxylic acids is 2. The molecule has 0 saturated heterocycles. The highest BCUT2D eigenvalue weighted by Crippen LogP contribution is 2.39. The minimum Gasteiger partial charge on any atom is -0.365 e. The van der Waals surface area contributed by atoms with Gasteiger partial charge >= 0.3 is 0 Å². The SMILES string of the molecule is CC1CCc2c(sc(NC(=O)CCCS(=O)(=O)Cc3ccccc3)c2C(N)=O)C1. The lowest BCUT2D eigenvalue weighted by atomic mass is 9.88. The second-order valence-electron chi connectivity index (χ2n) is 7.65. The molecule has 1 aromatic carbocycles. The lowest BCUT2D eigenvalue weighted by Gasteiger charge is -2.18. The largest absolute Gasteiger partial charge is 0.365 e. The molecule has 1 aromatic heterocycles. The zero-order valence-corrected chi connectivity index (χ0v) is 18.1. The quantitative estimate of drug-likeness (QED) is 0.665. The number of primary amides is 1. The third-order valence-corrected chi connectivity index (χ3v) is 7.95. The van der Waals surface area contributed by atoms with Gasteiger partial charge < -0.3 is 11.1 Å². The lowest BCUT2D eigenvalue weighted by Crippen LogP contribution is -2.19. The molecule has 2 aromatic rings. The summed E-state index contributed by atoms with van der Waals surface area (Å²) in [5, 5.41) is 3.28. The van der Waals surface area contributed by atoms with Crippen molar-refractivity contribution in [1.29, 1.82) is 0 Å². The number of benzene rings is 1. The summed E-state index contributed by atoms with van der Waals surface area (Å²) >= 11 is 1.41. The van der Waals surface area contributed by atoms with E-state index in [4.69, 9.17) is 5.73 Å². The fourth-order valence-corrected chi connectivity index (χ4v) is 6.50. The predicted octanol–water partition coefficient (Wildman–Crippen LogP) is 3.31. The molecule has 0 bridgehead atoms. The van der Waals surface area contributed by atoms with Crippen molar-refractivity contribution in [2.45, 2.75) is 44.8 Å². The molecule has 3 rings (SSSR count). The highest BCUT2D eigenvalue weighted by molar-refractivity contribution is 7.90. The number of fused-ring (bicyclic) bond motifs is 1. The van der Waals surface area contributed by atoms with E-state index in [-0.39, 0.29) is 30.3 Å². The molecule has 156 valence electrons. The summed E-state index contributed by atoms with van der Waals surface area (Å²) in [6.07, 6.45) is 2.98. The summed E-state index contributed by atoms with van der Waals surface area (Å²) in [6, 6.07) is 8.99. The molecule has 1 atom stereocenters. The Kier molecular flexibility index (Phi) is 6.74. The van der Waals surface area contributed by atoms with E-state index in [9.17, 15) is 18.0 Å². The molecule has 1 aliphatic carbocycles. The van der Waals surface area contributed by atoms with Crippen molar-refractivity contribution in [2.24, 2.45) is 11.7 Å². The molecule has 6 nitrogen and oxygen atoms in total. The van der Waals surface area contributed by atoms with Crippen LogP contribution >= 0.6 is 11.3 Å². The molecular weight excluding hydrogens is 408 g/mol. The first-order chi connectivity index (χ1) is 13.7. The second-order valence-corrected chi connectivity index (χ2v) is 10.9. The standard InChI is InChI=1S/C21H26N2O4S2/c1-14-9-10-16-17(12-14)28-21(19(16)20(22)25)23-18(24)8-5-11-29(26,27)13-15-6-3-2-4-7-15/h2-4,6-7,14H,5,8-13H2,1H3,(H2,22,25)(H,23,24). The first-order valence-corrected chi connectivity index (χ1v) is 12.4. The number of anilines is 1. The summed E-state index contributed by atoms with van der Waals surface area (Å²) in [5.74, 6) is -0.375. The first kappa shape index (κ1) is 21.5. The highest BCUT2D eigenvalue weighted by atomic mass is 32.2. The average molecular weight is 435 g/mol. The van der Waals surface area contributed by atoms with E-state index in [1.54, 1.807) is 24.3 Å². The number of hydrogen-bond donors (Lipinski definition) is 2. The third kappa shape index (κ3) is 5.67. The van der Waals surface area contributed by atoms with Gasteiger partial charge in [0.05, 0.1) is 17.1 Å². The van der Waals surface area contributed by atoms with Crippen molar-refractivity contribution < 1.29 is 18.0 Å². The van der Waals surface area contributed by atoms with Gasteiger partial charge in [-0.15, -0.1) is 11.3 Å². The van der Waals surface area contributed by atoms with E-state index in [0.717, 1.165) is 35.3 Å². The van der Waals surface area contributed by atoms with Crippen molar-refractivity contribution in [1.82, 2.24) is 0 Å². The summed E-state index contributed by atoms with van der Waals surface area (Å²) in [5.41, 5.74) is 7.68. The van der Waals surface area contributed by atoms with Crippen LogP contribution in [0.25, 0.3) is 0 Å². The molecule has 1 aliphatic rings. The zero-order valence-electron chi connectivity index (χ0n) is 16.4. The maximum atomic E-state index is 12.4. The molecule has 0 spiro atoms. The van der Waals surface area contributed by atoms with E-state index in [0.29, 0.717) is 16.5 Å². The average Bonchev–Trinajstić information content (AvgIpc) is 2.98. The number of thiophene rings is 1. The molecule has 3 N–H and O–H groups in total. The number of nitrogens with one attached hydrogen (secondary N) is 1. The number of rotatable bonds is 8. The first-order valence-electron chi connectivity index (χ1n) is 9.73. The fraction of sp³-hybridized carbons (Fsp3) is 0.429. The van der Waals surface area contributed by atoms with Gasteiger partial charge in [-0.3, -0.25) is 9.59 Å². The van der Waals surface area contributed by atoms with Crippen molar-refractivity contribution in [3.8, 4) is 0 Å². The van der Waals surface area contributed by atoms with Crippen molar-refractivity contribution in [2.75, 3.05) is 11.1 Å². The van der Waals surface area contributed by atoms with Gasteiger partial charge in [-0.1, -0.05) is 37.3 Å². The van der Waals surface area contributed by atoms with E-state index >= 15 is 0 Å². The molecule has 2 amide bonds. The van der Waals surface area contributed by atoms with Crippen LogP contribution in [0.15, 0.2) is 30.3 Å². The summed E-state index contributed by atoms with van der Waals surface area (Å²) in [7, 11) is -3.28. The minimum absolute atomic E-state index is 0.0306. The second kappa shape index (κ2) is 9.09. The van der Waals surface area contributed by atoms with Gasteiger partial charge in [0, 0.05) is 11.3 Å². The minimum atomic E-state index is -3.28. The van der Waals surface area contributed by atoms with E-state index < -0.39 is 15.7 Å². The molecule has 0 aliphatic heterocycles. The van der Waals surface area contributed by atoms with Crippen LogP contribution in [-0.4, -0.2) is 26.0 Å². The Morgan fingerprint density at radius 2 is 1.97 bits per heavy atom. The Morgan fingerprint density at radius 3 is 2.66 bits per heavy atom. The topological polar surface area (TPSA) is 106 Å². The number of nitrogens with two attached hydrogens (primary N) is 1. The molecule has 0 saturated carbocycles. The third-order valence-electron chi connectivity index (χ3n) is 5.10. The lowest BCUT2D eigenvalue weighted by molar-refractivity contribution is -0.116. The van der Waals surface area contributed by atoms with Crippen LogP contribution in [0.4, 0.5) is 5.00 Å². The highest BCUT2D eigenvalue weighted by Gasteiger charge is 2.27. The normalized spacial score (nSPS) is 16.2. The van der Waals surface area contributed by atoms with Crippen molar-refractivity contribution in [3.63, 3.8) is 0 Å². The molecule has 0 radical (unpaired) electrons. The Labute approximate surface area is 175 Å². The van der Waals surface area contributed by atoms with E-state index in [2.05, 4.69) is 12.2 Å². The Bertz CT molecular complexity index is 997. The van der Waals surface area contributed by atoms with Gasteiger partial charge in [-0.05, 0) is 42.7 Å². The van der Waals surface area contributed by atoms with Crippen molar-refractivity contribution in [3.05, 3.63) is 51.9 Å². The molecule has 1 unspecified atom stereocenters. The maximum absolute atomic E-state index is 12.4. The van der Waals surface area contributed by atoms with Crippen LogP contribution in [0.5, 0.6) is 0 Å². The summed E-state index contributed by atoms with van der Waals surface area (Å²) < 4.78 is 24.5. The summed E-state index contributed by atoms with van der Waals surface area (Å²) in [6.45, 7) is 2.17. The monoisotopic (exact) mass is 434 g/mol. The van der Waals surface area contributed by atoms with E-state index in [1.165, 1.54) is 11.3 Å². The van der Waals surface area contributed by atoms with Gasteiger partial charge in [0.1, 0.15) is 5.00 Å². The van der Waals surface area contributed by atoms with Crippen LogP contribution < -0.4 is 11.1 Å². The molecule has 8 heteroatoms. The molecular formula is C21H26N2O4S2. The Hall–Kier alpha value is -2.19. The Balaban J connectivity index is 1.58. The fourth-order valence-electron chi connectivity index (χ4n) is 3.64. The maximum Gasteiger partial charge on any atom is 0.251 e. The molecule has 1 heterocycles. The number of hydrogen-bond acceptors (Lipinski definition) is 5. The Morgan fingerprint density at radius 1 is 1.24 bits per heavy atom. The number of amides is 2. The molecule has 29 heavy (non-hydrogen) atoms. The van der Waals surface area contributed by atoms with Gasteiger partial charge in [-0.25, -0.2) is 8.42 Å². The zero-order chi connectivity index (χ0) is 21.0. The number of carbonyl (C=O) groups is 2. The van der Waals surface area contributed by atoms with Crippen LogP contribution in [0.1, 0.15) is 52.5 Å². The predicted molar refractivity (Wildman–Crippen MR) is 116 cm³/mol. The number of sulfone groups is 1. The van der Waals surface area contributed by atoms with Crippen LogP contribution in [0, 0.1) is 5.92 Å². The van der Waals surface area contributed by atoms with Gasteiger partial charge in [0.25, 0.3) is 5.91 Å². The van der Waals surface area contributed by atoms with Gasteiger partial charge in [0.2, 0.25) is 5.91 Å². The van der Waals surface area contributed by atoms with Crippen LogP contribution in [0.3, 0.4) is 0 Å². The van der Waals surface area contributed by atoms with Crippen LogP contribution in [0.2, 0.25) is 0 Å². The van der Waals surface area contributed by atoms with E-state index in [1.807, 2.05) is 6.07 Å². The summed E-state index contributed by atoms with van der Waals surface area (Å²) in [4.78, 5) is 25.4. The van der Waals surface area contributed by atoms with Gasteiger partial charge in [0.15, 0.2) is 9.84 Å². The smallest absolute Gasteiger partial charge is 0.251 e. The van der Waals surface area contributed by atoms with Crippen LogP contribution in [-0.2, 0) is 33.2 Å². The van der Waals surface area contributed by atoms with Crippen molar-refractivity contribution >= 4 is 38.0 Å². The molecule has 0 fully saturated rings. The van der Waals surface area contributed by atoms with Gasteiger partial charge in [-0.2, -0.15) is 0 Å².